The van der Waals surface area contributed by atoms with Gasteiger partial charge >= 0.3 is 0 Å². The minimum Gasteiger partial charge on any atom is -0.497 e. The van der Waals surface area contributed by atoms with Crippen LogP contribution in [0.15, 0.2) is 58.3 Å². The van der Waals surface area contributed by atoms with Crippen LogP contribution in [0.3, 0.4) is 0 Å². The number of aliphatic hydroxyl groups is 1. The van der Waals surface area contributed by atoms with Crippen LogP contribution in [0.2, 0.25) is 0 Å². The average Bonchev–Trinajstić information content (AvgIpc) is 3.23. The summed E-state index contributed by atoms with van der Waals surface area (Å²) in [5, 5.41) is 12.8. The maximum Gasteiger partial charge on any atom is 0.243 e. The molecular weight excluding hydrogens is 482 g/mol. The summed E-state index contributed by atoms with van der Waals surface area (Å²) in [4.78, 5) is 13.0. The quantitative estimate of drug-likeness (QED) is 0.521. The number of aliphatic hydroxyl groups excluding tert-OH is 1. The van der Waals surface area contributed by atoms with E-state index in [-0.39, 0.29) is 22.8 Å². The lowest BCUT2D eigenvalue weighted by molar-refractivity contribution is -0.119. The van der Waals surface area contributed by atoms with Gasteiger partial charge < -0.3 is 15.2 Å². The normalized spacial score (nSPS) is 19.3. The number of carbonyl (C=O) groups is 1. The highest BCUT2D eigenvalue weighted by Gasteiger charge is 2.43. The second-order valence-corrected chi connectivity index (χ2v) is 11.6. The molecule has 1 fully saturated rings. The van der Waals surface area contributed by atoms with E-state index in [1.165, 1.54) is 59.9 Å². The van der Waals surface area contributed by atoms with Gasteiger partial charge in [0.1, 0.15) is 11.8 Å². The van der Waals surface area contributed by atoms with Crippen LogP contribution in [0, 0.1) is 0 Å². The summed E-state index contributed by atoms with van der Waals surface area (Å²) in [6.07, 6.45) is -1.05. The van der Waals surface area contributed by atoms with Crippen LogP contribution in [0.4, 0.5) is 5.69 Å². The second-order valence-electron chi connectivity index (χ2n) is 7.76. The fraction of sp³-hybridized carbons (Fsp3) is 0.409. The van der Waals surface area contributed by atoms with Gasteiger partial charge in [0.05, 0.1) is 23.0 Å². The smallest absolute Gasteiger partial charge is 0.243 e. The summed E-state index contributed by atoms with van der Waals surface area (Å²) < 4.78 is 58.9. The van der Waals surface area contributed by atoms with Gasteiger partial charge in [0.25, 0.3) is 0 Å². The van der Waals surface area contributed by atoms with Gasteiger partial charge in [-0.25, -0.2) is 16.8 Å². The number of nitrogens with zero attached hydrogens (tertiary/aromatic N) is 2. The highest BCUT2D eigenvalue weighted by Crippen LogP contribution is 2.28. The minimum absolute atomic E-state index is 0.0221. The Morgan fingerprint density at radius 3 is 2.12 bits per heavy atom. The Kier molecular flexibility index (Phi) is 7.98. The van der Waals surface area contributed by atoms with Gasteiger partial charge in [0, 0.05) is 31.7 Å². The van der Waals surface area contributed by atoms with E-state index in [9.17, 15) is 26.7 Å². The SMILES string of the molecule is CCN(CC)S(=O)(=O)c1ccc(NC(=O)[C@H]2C[C@@H](O)CN2S(=O)(=O)c2ccc(OC)cc2)cc1. The number of carbonyl (C=O) groups excluding carboxylic acids is 1. The Balaban J connectivity index is 1.79. The highest BCUT2D eigenvalue weighted by molar-refractivity contribution is 7.89. The number of rotatable bonds is 9. The van der Waals surface area contributed by atoms with Crippen LogP contribution in [-0.2, 0) is 24.8 Å². The van der Waals surface area contributed by atoms with E-state index in [1.54, 1.807) is 13.8 Å². The first kappa shape index (κ1) is 26.1. The Labute approximate surface area is 200 Å². The molecule has 2 aromatic rings. The Morgan fingerprint density at radius 2 is 1.59 bits per heavy atom. The molecule has 1 saturated heterocycles. The van der Waals surface area contributed by atoms with Gasteiger partial charge in [0.15, 0.2) is 0 Å². The lowest BCUT2D eigenvalue weighted by Gasteiger charge is -2.23. The predicted octanol–water partition coefficient (Wildman–Crippen LogP) is 1.49. The Hall–Kier alpha value is -2.51. The van der Waals surface area contributed by atoms with Gasteiger partial charge in [-0.15, -0.1) is 0 Å². The molecule has 10 nitrogen and oxygen atoms in total. The summed E-state index contributed by atoms with van der Waals surface area (Å²) in [6.45, 7) is 3.95. The number of sulfonamides is 2. The van der Waals surface area contributed by atoms with E-state index in [4.69, 9.17) is 4.74 Å². The number of nitrogens with one attached hydrogen (secondary N) is 1. The number of β-amino-alcohol motifs (C(OH)–C–C–N with tert-alkyl or cyclic N) is 1. The van der Waals surface area contributed by atoms with Gasteiger partial charge in [-0.05, 0) is 48.5 Å². The topological polar surface area (TPSA) is 133 Å². The molecule has 0 radical (unpaired) electrons. The summed E-state index contributed by atoms with van der Waals surface area (Å²) in [7, 11) is -6.23. The summed E-state index contributed by atoms with van der Waals surface area (Å²) in [6, 6.07) is 10.3. The molecule has 1 heterocycles. The van der Waals surface area contributed by atoms with Gasteiger partial charge in [0.2, 0.25) is 26.0 Å². The van der Waals surface area contributed by atoms with Crippen molar-refractivity contribution in [2.75, 3.05) is 32.1 Å². The number of hydrogen-bond acceptors (Lipinski definition) is 7. The van der Waals surface area contributed by atoms with Crippen molar-refractivity contribution in [1.82, 2.24) is 8.61 Å². The van der Waals surface area contributed by atoms with Crippen molar-refractivity contribution in [3.63, 3.8) is 0 Å². The standard InChI is InChI=1S/C22H29N3O7S2/c1-4-24(5-2)33(28,29)19-10-6-16(7-11-19)23-22(27)21-14-17(26)15-25(21)34(30,31)20-12-8-18(32-3)9-13-20/h6-13,17,21,26H,4-5,14-15H2,1-3H3,(H,23,27)/t17-,21-/m1/s1. The zero-order valence-corrected chi connectivity index (χ0v) is 20.8. The first-order valence-electron chi connectivity index (χ1n) is 10.8. The van der Waals surface area contributed by atoms with Gasteiger partial charge in [-0.1, -0.05) is 13.8 Å². The average molecular weight is 512 g/mol. The van der Waals surface area contributed by atoms with Crippen molar-refractivity contribution in [1.29, 1.82) is 0 Å². The van der Waals surface area contributed by atoms with Gasteiger partial charge in [-0.2, -0.15) is 8.61 Å². The third kappa shape index (κ3) is 5.26. The van der Waals surface area contributed by atoms with E-state index in [0.29, 0.717) is 24.5 Å². The molecule has 0 aromatic heterocycles. The van der Waals surface area contributed by atoms with Crippen molar-refractivity contribution in [2.45, 2.75) is 42.2 Å². The molecule has 34 heavy (non-hydrogen) atoms. The molecule has 186 valence electrons. The molecule has 0 bridgehead atoms. The number of ether oxygens (including phenoxy) is 1. The van der Waals surface area contributed by atoms with E-state index in [2.05, 4.69) is 5.32 Å². The first-order valence-corrected chi connectivity index (χ1v) is 13.7. The molecule has 0 unspecified atom stereocenters. The van der Waals surface area contributed by atoms with Crippen LogP contribution in [0.25, 0.3) is 0 Å². The van der Waals surface area contributed by atoms with E-state index < -0.39 is 38.1 Å². The largest absolute Gasteiger partial charge is 0.497 e. The van der Waals surface area contributed by atoms with Gasteiger partial charge in [-0.3, -0.25) is 4.79 Å². The lowest BCUT2D eigenvalue weighted by Crippen LogP contribution is -2.43. The van der Waals surface area contributed by atoms with E-state index >= 15 is 0 Å². The number of methoxy groups -OCH3 is 1. The van der Waals surface area contributed by atoms with Crippen LogP contribution in [-0.4, -0.2) is 75.3 Å². The molecule has 1 aliphatic rings. The molecule has 12 heteroatoms. The van der Waals surface area contributed by atoms with Crippen molar-refractivity contribution < 1.29 is 31.5 Å². The Morgan fingerprint density at radius 1 is 1.03 bits per heavy atom. The number of anilines is 1. The van der Waals surface area contributed by atoms with Crippen LogP contribution < -0.4 is 10.1 Å². The third-order valence-electron chi connectivity index (χ3n) is 5.67. The number of hydrogen-bond donors (Lipinski definition) is 2. The molecular formula is C22H29N3O7S2. The summed E-state index contributed by atoms with van der Waals surface area (Å²) >= 11 is 0. The fourth-order valence-electron chi connectivity index (χ4n) is 3.82. The van der Waals surface area contributed by atoms with Crippen LogP contribution in [0.1, 0.15) is 20.3 Å². The summed E-state index contributed by atoms with van der Waals surface area (Å²) in [5.74, 6) is -0.130. The minimum atomic E-state index is -4.05. The second kappa shape index (κ2) is 10.4. The number of amides is 1. The van der Waals surface area contributed by atoms with Crippen molar-refractivity contribution in [3.05, 3.63) is 48.5 Å². The van der Waals surface area contributed by atoms with E-state index in [0.717, 1.165) is 4.31 Å². The van der Waals surface area contributed by atoms with Crippen LogP contribution >= 0.6 is 0 Å². The molecule has 1 aliphatic heterocycles. The van der Waals surface area contributed by atoms with E-state index in [1.807, 2.05) is 0 Å². The maximum atomic E-state index is 13.1. The predicted molar refractivity (Wildman–Crippen MR) is 126 cm³/mol. The van der Waals surface area contributed by atoms with Crippen LogP contribution in [0.5, 0.6) is 5.75 Å². The maximum absolute atomic E-state index is 13.1. The third-order valence-corrected chi connectivity index (χ3v) is 9.62. The molecule has 3 rings (SSSR count). The molecule has 2 aromatic carbocycles. The molecule has 1 amide bonds. The van der Waals surface area contributed by atoms with Crippen molar-refractivity contribution in [3.8, 4) is 5.75 Å². The molecule has 0 aliphatic carbocycles. The summed E-state index contributed by atoms with van der Waals surface area (Å²) in [5.41, 5.74) is 0.312. The molecule has 2 atom stereocenters. The highest BCUT2D eigenvalue weighted by atomic mass is 32.2. The monoisotopic (exact) mass is 511 g/mol. The first-order chi connectivity index (χ1) is 16.0. The lowest BCUT2D eigenvalue weighted by atomic mass is 10.2. The molecule has 0 saturated carbocycles. The fourth-order valence-corrected chi connectivity index (χ4v) is 6.91. The zero-order chi connectivity index (χ0) is 25.1. The zero-order valence-electron chi connectivity index (χ0n) is 19.2. The van der Waals surface area contributed by atoms with Crippen molar-refractivity contribution >= 4 is 31.6 Å². The van der Waals surface area contributed by atoms with Crippen molar-refractivity contribution in [2.24, 2.45) is 0 Å². The number of benzene rings is 2. The molecule has 0 spiro atoms. The Bertz CT molecular complexity index is 1210. The molecule has 2 N–H and O–H groups in total.